The monoisotopic (exact) mass is 281 g/mol. The summed E-state index contributed by atoms with van der Waals surface area (Å²) in [5.74, 6) is 1.91. The first kappa shape index (κ1) is 14.9. The van der Waals surface area contributed by atoms with Crippen molar-refractivity contribution >= 4 is 0 Å². The third kappa shape index (κ3) is 4.00. The highest BCUT2D eigenvalue weighted by molar-refractivity contribution is 5.42. The summed E-state index contributed by atoms with van der Waals surface area (Å²) in [6.07, 6.45) is 0. The Morgan fingerprint density at radius 2 is 1.48 bits per heavy atom. The highest BCUT2D eigenvalue weighted by Crippen LogP contribution is 2.25. The zero-order valence-corrected chi connectivity index (χ0v) is 12.4. The number of benzene rings is 2. The predicted octanol–water partition coefficient (Wildman–Crippen LogP) is 4.14. The van der Waals surface area contributed by atoms with Crippen LogP contribution in [-0.2, 0) is 0 Å². The van der Waals surface area contributed by atoms with Gasteiger partial charge in [-0.2, -0.15) is 5.26 Å². The fourth-order valence-corrected chi connectivity index (χ4v) is 2.08. The average Bonchev–Trinajstić information content (AvgIpc) is 2.52. The lowest BCUT2D eigenvalue weighted by molar-refractivity contribution is 0.215. The van der Waals surface area contributed by atoms with E-state index in [0.29, 0.717) is 30.4 Å². The summed E-state index contributed by atoms with van der Waals surface area (Å²) < 4.78 is 11.4. The van der Waals surface area contributed by atoms with Gasteiger partial charge < -0.3 is 9.47 Å². The Morgan fingerprint density at radius 3 is 2.14 bits per heavy atom. The van der Waals surface area contributed by atoms with Crippen molar-refractivity contribution in [3.8, 4) is 17.6 Å². The van der Waals surface area contributed by atoms with Crippen molar-refractivity contribution in [1.82, 2.24) is 0 Å². The van der Waals surface area contributed by atoms with Crippen LogP contribution in [0.25, 0.3) is 0 Å². The lowest BCUT2D eigenvalue weighted by Crippen LogP contribution is -2.10. The lowest BCUT2D eigenvalue weighted by atomic mass is 10.0. The van der Waals surface area contributed by atoms with Gasteiger partial charge in [0.25, 0.3) is 0 Å². The number of rotatable bonds is 6. The summed E-state index contributed by atoms with van der Waals surface area (Å²) in [4.78, 5) is 0. The first-order valence-electron chi connectivity index (χ1n) is 7.06. The van der Waals surface area contributed by atoms with Crippen LogP contribution in [0.15, 0.2) is 48.5 Å². The van der Waals surface area contributed by atoms with Gasteiger partial charge in [0.2, 0.25) is 0 Å². The number of nitrogens with zero attached hydrogens (tertiary/aromatic N) is 1. The van der Waals surface area contributed by atoms with Crippen LogP contribution in [-0.4, -0.2) is 13.2 Å². The molecule has 0 saturated heterocycles. The number of ether oxygens (including phenoxy) is 2. The van der Waals surface area contributed by atoms with Gasteiger partial charge in [-0.05, 0) is 29.7 Å². The van der Waals surface area contributed by atoms with Gasteiger partial charge in [-0.15, -0.1) is 0 Å². The third-order valence-electron chi connectivity index (χ3n) is 3.15. The van der Waals surface area contributed by atoms with Gasteiger partial charge in [-0.25, -0.2) is 0 Å². The minimum atomic E-state index is 0.408. The highest BCUT2D eigenvalue weighted by atomic mass is 16.5. The second kappa shape index (κ2) is 7.35. The van der Waals surface area contributed by atoms with E-state index in [1.165, 1.54) is 5.56 Å². The molecule has 108 valence electrons. The maximum Gasteiger partial charge on any atom is 0.137 e. The molecule has 0 aromatic heterocycles. The van der Waals surface area contributed by atoms with E-state index in [9.17, 15) is 0 Å². The molecule has 0 aliphatic heterocycles. The smallest absolute Gasteiger partial charge is 0.137 e. The molecule has 0 atom stereocenters. The van der Waals surface area contributed by atoms with Crippen molar-refractivity contribution in [2.75, 3.05) is 13.2 Å². The van der Waals surface area contributed by atoms with Crippen LogP contribution in [0.3, 0.4) is 0 Å². The van der Waals surface area contributed by atoms with Crippen LogP contribution >= 0.6 is 0 Å². The topological polar surface area (TPSA) is 42.2 Å². The molecule has 0 saturated carbocycles. The van der Waals surface area contributed by atoms with Crippen molar-refractivity contribution < 1.29 is 9.47 Å². The molecule has 2 aromatic rings. The number of hydrogen-bond acceptors (Lipinski definition) is 3. The molecular formula is C18H19NO2. The molecule has 2 aromatic carbocycles. The van der Waals surface area contributed by atoms with Gasteiger partial charge in [0.1, 0.15) is 30.8 Å². The molecule has 0 bridgehead atoms. The molecule has 0 aliphatic rings. The van der Waals surface area contributed by atoms with Gasteiger partial charge >= 0.3 is 0 Å². The fourth-order valence-electron chi connectivity index (χ4n) is 2.08. The van der Waals surface area contributed by atoms with E-state index in [2.05, 4.69) is 26.0 Å². The molecule has 0 N–H and O–H groups in total. The second-order valence-corrected chi connectivity index (χ2v) is 5.00. The average molecular weight is 281 g/mol. The molecule has 0 amide bonds. The molecule has 0 aliphatic carbocycles. The molecule has 0 spiro atoms. The van der Waals surface area contributed by atoms with Crippen molar-refractivity contribution in [2.24, 2.45) is 0 Å². The van der Waals surface area contributed by atoms with Crippen molar-refractivity contribution in [3.63, 3.8) is 0 Å². The second-order valence-electron chi connectivity index (χ2n) is 5.00. The Hall–Kier alpha value is -2.47. The zero-order chi connectivity index (χ0) is 15.1. The summed E-state index contributed by atoms with van der Waals surface area (Å²) in [5.41, 5.74) is 1.73. The summed E-state index contributed by atoms with van der Waals surface area (Å²) >= 11 is 0. The molecule has 21 heavy (non-hydrogen) atoms. The van der Waals surface area contributed by atoms with Crippen LogP contribution in [0.1, 0.15) is 30.9 Å². The van der Waals surface area contributed by atoms with E-state index in [-0.39, 0.29) is 0 Å². The number of para-hydroxylation sites is 2. The molecule has 0 heterocycles. The number of hydrogen-bond donors (Lipinski definition) is 0. The van der Waals surface area contributed by atoms with E-state index >= 15 is 0 Å². The largest absolute Gasteiger partial charge is 0.490 e. The molecule has 3 heteroatoms. The van der Waals surface area contributed by atoms with E-state index in [1.54, 1.807) is 12.1 Å². The van der Waals surface area contributed by atoms with Crippen molar-refractivity contribution in [2.45, 2.75) is 19.8 Å². The van der Waals surface area contributed by atoms with E-state index in [0.717, 1.165) is 5.75 Å². The minimum absolute atomic E-state index is 0.408. The molecule has 0 radical (unpaired) electrons. The Balaban J connectivity index is 1.90. The van der Waals surface area contributed by atoms with Crippen LogP contribution < -0.4 is 9.47 Å². The maximum absolute atomic E-state index is 8.99. The van der Waals surface area contributed by atoms with Crippen LogP contribution in [0.2, 0.25) is 0 Å². The van der Waals surface area contributed by atoms with Gasteiger partial charge in [0.05, 0.1) is 5.56 Å². The normalized spacial score (nSPS) is 10.2. The SMILES string of the molecule is CC(C)c1ccccc1OCCOc1ccccc1C#N. The quantitative estimate of drug-likeness (QED) is 0.747. The lowest BCUT2D eigenvalue weighted by Gasteiger charge is -2.14. The Bertz CT molecular complexity index is 629. The maximum atomic E-state index is 8.99. The molecule has 0 unspecified atom stereocenters. The summed E-state index contributed by atoms with van der Waals surface area (Å²) in [6, 6.07) is 17.3. The zero-order valence-electron chi connectivity index (χ0n) is 12.4. The summed E-state index contributed by atoms with van der Waals surface area (Å²) in [6.45, 7) is 5.14. The van der Waals surface area contributed by atoms with Crippen molar-refractivity contribution in [1.29, 1.82) is 5.26 Å². The molecule has 2 rings (SSSR count). The third-order valence-corrected chi connectivity index (χ3v) is 3.15. The number of nitriles is 1. The van der Waals surface area contributed by atoms with E-state index in [1.807, 2.05) is 30.3 Å². The Morgan fingerprint density at radius 1 is 0.905 bits per heavy atom. The fraction of sp³-hybridized carbons (Fsp3) is 0.278. The first-order chi connectivity index (χ1) is 10.2. The summed E-state index contributed by atoms with van der Waals surface area (Å²) in [7, 11) is 0. The van der Waals surface area contributed by atoms with Crippen molar-refractivity contribution in [3.05, 3.63) is 59.7 Å². The standard InChI is InChI=1S/C18H19NO2/c1-14(2)16-8-4-6-10-18(16)21-12-11-20-17-9-5-3-7-15(17)13-19/h3-10,14H,11-12H2,1-2H3. The highest BCUT2D eigenvalue weighted by Gasteiger charge is 2.07. The Kier molecular flexibility index (Phi) is 5.22. The van der Waals surface area contributed by atoms with E-state index < -0.39 is 0 Å². The molecule has 0 fully saturated rings. The van der Waals surface area contributed by atoms with Gasteiger partial charge in [0.15, 0.2) is 0 Å². The predicted molar refractivity (Wildman–Crippen MR) is 82.7 cm³/mol. The Labute approximate surface area is 125 Å². The molecular weight excluding hydrogens is 262 g/mol. The summed E-state index contributed by atoms with van der Waals surface area (Å²) in [5, 5.41) is 8.99. The molecule has 3 nitrogen and oxygen atoms in total. The van der Waals surface area contributed by atoms with Gasteiger partial charge in [-0.1, -0.05) is 44.2 Å². The van der Waals surface area contributed by atoms with Gasteiger partial charge in [0, 0.05) is 0 Å². The minimum Gasteiger partial charge on any atom is -0.490 e. The van der Waals surface area contributed by atoms with Crippen LogP contribution in [0, 0.1) is 11.3 Å². The van der Waals surface area contributed by atoms with Gasteiger partial charge in [-0.3, -0.25) is 0 Å². The van der Waals surface area contributed by atoms with E-state index in [4.69, 9.17) is 14.7 Å². The first-order valence-corrected chi connectivity index (χ1v) is 7.06. The van der Waals surface area contributed by atoms with Crippen LogP contribution in [0.5, 0.6) is 11.5 Å². The van der Waals surface area contributed by atoms with Crippen LogP contribution in [0.4, 0.5) is 0 Å².